The van der Waals surface area contributed by atoms with Crippen LogP contribution in [0.2, 0.25) is 0 Å². The predicted molar refractivity (Wildman–Crippen MR) is 102 cm³/mol. The molecule has 0 aliphatic carbocycles. The van der Waals surface area contributed by atoms with Crippen LogP contribution in [0.4, 0.5) is 14.9 Å². The monoisotopic (exact) mass is 385 g/mol. The summed E-state index contributed by atoms with van der Waals surface area (Å²) < 4.78 is 17.9. The Morgan fingerprint density at radius 3 is 2.41 bits per heavy atom. The summed E-state index contributed by atoms with van der Waals surface area (Å²) in [5, 5.41) is 9.12. The Kier molecular flexibility index (Phi) is 5.52. The van der Waals surface area contributed by atoms with E-state index in [1.54, 1.807) is 25.2 Å². The van der Waals surface area contributed by atoms with Crippen LogP contribution in [0.15, 0.2) is 60.7 Å². The lowest BCUT2D eigenvalue weighted by Crippen LogP contribution is -2.28. The van der Waals surface area contributed by atoms with E-state index in [1.807, 2.05) is 30.3 Å². The molecule has 1 amide bonds. The molecule has 0 spiro atoms. The van der Waals surface area contributed by atoms with Crippen LogP contribution in [0, 0.1) is 5.82 Å². The van der Waals surface area contributed by atoms with Crippen LogP contribution >= 0.6 is 11.3 Å². The SMILES string of the molecule is CN(C(=O)Cc1ccc(F)cc1)c1cc(-c2ccccc2)sc1OC(=O)O. The van der Waals surface area contributed by atoms with Crippen LogP contribution in [0.25, 0.3) is 10.4 Å². The van der Waals surface area contributed by atoms with E-state index in [0.717, 1.165) is 21.8 Å². The number of carbonyl (C=O) groups is 2. The molecular weight excluding hydrogens is 369 g/mol. The van der Waals surface area contributed by atoms with Crippen molar-refractivity contribution in [2.45, 2.75) is 6.42 Å². The number of ether oxygens (including phenoxy) is 1. The third-order valence-electron chi connectivity index (χ3n) is 3.92. The number of hydrogen-bond donors (Lipinski definition) is 1. The van der Waals surface area contributed by atoms with E-state index in [0.29, 0.717) is 11.3 Å². The van der Waals surface area contributed by atoms with Crippen molar-refractivity contribution in [2.75, 3.05) is 11.9 Å². The number of hydrogen-bond acceptors (Lipinski definition) is 4. The first-order chi connectivity index (χ1) is 12.9. The van der Waals surface area contributed by atoms with Crippen molar-refractivity contribution < 1.29 is 23.8 Å². The van der Waals surface area contributed by atoms with Gasteiger partial charge in [0.25, 0.3) is 0 Å². The number of rotatable bonds is 5. The smallest absolute Gasteiger partial charge is 0.449 e. The number of likely N-dealkylation sites (N-methyl/N-ethyl adjacent to an activating group) is 1. The van der Waals surface area contributed by atoms with Gasteiger partial charge in [-0.15, -0.1) is 0 Å². The highest BCUT2D eigenvalue weighted by Gasteiger charge is 2.22. The van der Waals surface area contributed by atoms with Crippen molar-refractivity contribution in [3.05, 3.63) is 72.0 Å². The van der Waals surface area contributed by atoms with Gasteiger partial charge in [0.15, 0.2) is 0 Å². The number of halogens is 1. The molecule has 3 rings (SSSR count). The third kappa shape index (κ3) is 4.51. The Labute approximate surface area is 159 Å². The summed E-state index contributed by atoms with van der Waals surface area (Å²) in [6, 6.07) is 16.8. The molecule has 0 unspecified atom stereocenters. The van der Waals surface area contributed by atoms with Crippen LogP contribution in [0.1, 0.15) is 5.56 Å². The Balaban J connectivity index is 1.88. The van der Waals surface area contributed by atoms with Gasteiger partial charge in [0.05, 0.1) is 12.1 Å². The summed E-state index contributed by atoms with van der Waals surface area (Å²) >= 11 is 1.15. The van der Waals surface area contributed by atoms with Gasteiger partial charge in [0.1, 0.15) is 5.82 Å². The van der Waals surface area contributed by atoms with Crippen LogP contribution in [0.3, 0.4) is 0 Å². The number of thiophene rings is 1. The second-order valence-corrected chi connectivity index (χ2v) is 6.79. The summed E-state index contributed by atoms with van der Waals surface area (Å²) in [4.78, 5) is 25.8. The van der Waals surface area contributed by atoms with E-state index >= 15 is 0 Å². The first-order valence-corrected chi connectivity index (χ1v) is 8.86. The van der Waals surface area contributed by atoms with Gasteiger partial charge in [-0.2, -0.15) is 0 Å². The fourth-order valence-corrected chi connectivity index (χ4v) is 3.56. The molecule has 0 radical (unpaired) electrons. The summed E-state index contributed by atoms with van der Waals surface area (Å²) in [5.41, 5.74) is 1.92. The average Bonchev–Trinajstić information content (AvgIpc) is 3.06. The van der Waals surface area contributed by atoms with Crippen molar-refractivity contribution in [1.29, 1.82) is 0 Å². The highest BCUT2D eigenvalue weighted by atomic mass is 32.1. The van der Waals surface area contributed by atoms with E-state index in [2.05, 4.69) is 0 Å². The van der Waals surface area contributed by atoms with Crippen molar-refractivity contribution in [3.63, 3.8) is 0 Å². The number of carboxylic acid groups (broad SMARTS) is 1. The Morgan fingerprint density at radius 2 is 1.78 bits per heavy atom. The maximum atomic E-state index is 13.0. The van der Waals surface area contributed by atoms with Gasteiger partial charge in [0.2, 0.25) is 11.0 Å². The predicted octanol–water partition coefficient (Wildman–Crippen LogP) is 4.82. The molecule has 0 saturated carbocycles. The van der Waals surface area contributed by atoms with E-state index in [-0.39, 0.29) is 23.2 Å². The zero-order valence-corrected chi connectivity index (χ0v) is 15.2. The zero-order chi connectivity index (χ0) is 19.4. The lowest BCUT2D eigenvalue weighted by molar-refractivity contribution is -0.117. The molecule has 138 valence electrons. The topological polar surface area (TPSA) is 66.8 Å². The number of anilines is 1. The molecule has 3 aromatic rings. The van der Waals surface area contributed by atoms with E-state index in [9.17, 15) is 14.0 Å². The van der Waals surface area contributed by atoms with Crippen LogP contribution in [-0.2, 0) is 11.2 Å². The molecule has 1 N–H and O–H groups in total. The molecular formula is C20H16FNO4S. The second kappa shape index (κ2) is 8.01. The van der Waals surface area contributed by atoms with Crippen molar-refractivity contribution >= 4 is 29.1 Å². The molecule has 0 atom stereocenters. The molecule has 0 saturated heterocycles. The quantitative estimate of drug-likeness (QED) is 0.640. The van der Waals surface area contributed by atoms with Crippen molar-refractivity contribution in [1.82, 2.24) is 0 Å². The zero-order valence-electron chi connectivity index (χ0n) is 14.4. The maximum Gasteiger partial charge on any atom is 0.512 e. The van der Waals surface area contributed by atoms with Gasteiger partial charge in [-0.05, 0) is 29.3 Å². The van der Waals surface area contributed by atoms with Gasteiger partial charge in [-0.3, -0.25) is 4.79 Å². The van der Waals surface area contributed by atoms with E-state index in [4.69, 9.17) is 9.84 Å². The summed E-state index contributed by atoms with van der Waals surface area (Å²) in [6.07, 6.45) is -1.39. The number of nitrogens with zero attached hydrogens (tertiary/aromatic N) is 1. The molecule has 0 bridgehead atoms. The van der Waals surface area contributed by atoms with Crippen LogP contribution < -0.4 is 9.64 Å². The molecule has 1 aromatic heterocycles. The van der Waals surface area contributed by atoms with Gasteiger partial charge >= 0.3 is 6.16 Å². The highest BCUT2D eigenvalue weighted by Crippen LogP contribution is 2.42. The Bertz CT molecular complexity index is 954. The first-order valence-electron chi connectivity index (χ1n) is 8.05. The summed E-state index contributed by atoms with van der Waals surface area (Å²) in [5.74, 6) is -0.642. The molecule has 0 fully saturated rings. The fourth-order valence-electron chi connectivity index (χ4n) is 2.53. The van der Waals surface area contributed by atoms with E-state index in [1.165, 1.54) is 17.0 Å². The fraction of sp³-hybridized carbons (Fsp3) is 0.100. The Hall–Kier alpha value is -3.19. The van der Waals surface area contributed by atoms with Crippen LogP contribution in [0.5, 0.6) is 5.06 Å². The summed E-state index contributed by atoms with van der Waals surface area (Å²) in [6.45, 7) is 0. The third-order valence-corrected chi connectivity index (χ3v) is 4.97. The largest absolute Gasteiger partial charge is 0.512 e. The first kappa shape index (κ1) is 18.6. The van der Waals surface area contributed by atoms with Crippen LogP contribution in [-0.4, -0.2) is 24.2 Å². The van der Waals surface area contributed by atoms with Gasteiger partial charge in [-0.25, -0.2) is 9.18 Å². The van der Waals surface area contributed by atoms with E-state index < -0.39 is 6.16 Å². The number of carbonyl (C=O) groups excluding carboxylic acids is 1. The Morgan fingerprint density at radius 1 is 1.11 bits per heavy atom. The van der Waals surface area contributed by atoms with Crippen molar-refractivity contribution in [3.8, 4) is 15.5 Å². The molecule has 0 aliphatic heterocycles. The summed E-state index contributed by atoms with van der Waals surface area (Å²) in [7, 11) is 1.55. The molecule has 27 heavy (non-hydrogen) atoms. The highest BCUT2D eigenvalue weighted by molar-refractivity contribution is 7.18. The minimum atomic E-state index is -1.45. The molecule has 7 heteroatoms. The van der Waals surface area contributed by atoms with Gasteiger partial charge < -0.3 is 14.7 Å². The lowest BCUT2D eigenvalue weighted by Gasteiger charge is -2.17. The molecule has 2 aromatic carbocycles. The maximum absolute atomic E-state index is 13.0. The molecule has 5 nitrogen and oxygen atoms in total. The molecule has 1 heterocycles. The number of benzene rings is 2. The molecule has 0 aliphatic rings. The average molecular weight is 385 g/mol. The minimum Gasteiger partial charge on any atom is -0.449 e. The second-order valence-electron chi connectivity index (χ2n) is 5.77. The number of amides is 1. The van der Waals surface area contributed by atoms with Gasteiger partial charge in [0, 0.05) is 11.9 Å². The minimum absolute atomic E-state index is 0.0554. The van der Waals surface area contributed by atoms with Gasteiger partial charge in [-0.1, -0.05) is 53.8 Å². The normalized spacial score (nSPS) is 10.4. The lowest BCUT2D eigenvalue weighted by atomic mass is 10.1. The standard InChI is InChI=1S/C20H16FNO4S/c1-22(18(23)11-13-7-9-15(21)10-8-13)16-12-17(14-5-3-2-4-6-14)27-19(16)26-20(24)25/h2-10,12H,11H2,1H3,(H,24,25). The van der Waals surface area contributed by atoms with Crippen molar-refractivity contribution in [2.24, 2.45) is 0 Å².